The van der Waals surface area contributed by atoms with E-state index in [0.717, 1.165) is 19.6 Å². The summed E-state index contributed by atoms with van der Waals surface area (Å²) < 4.78 is 1.20. The molecule has 0 atom stereocenters. The summed E-state index contributed by atoms with van der Waals surface area (Å²) in [4.78, 5) is 2.46. The van der Waals surface area contributed by atoms with Crippen LogP contribution in [0.5, 0.6) is 0 Å². The molecule has 0 spiro atoms. The second kappa shape index (κ2) is 8.04. The van der Waals surface area contributed by atoms with Gasteiger partial charge in [-0.2, -0.15) is 0 Å². The highest BCUT2D eigenvalue weighted by molar-refractivity contribution is 9.10. The number of nitrogens with zero attached hydrogens (tertiary/aromatic N) is 1. The molecule has 0 bridgehead atoms. The molecule has 0 saturated heterocycles. The summed E-state index contributed by atoms with van der Waals surface area (Å²) >= 11 is 3.72. The van der Waals surface area contributed by atoms with E-state index in [0.29, 0.717) is 0 Å². The van der Waals surface area contributed by atoms with E-state index in [4.69, 9.17) is 0 Å². The van der Waals surface area contributed by atoms with Gasteiger partial charge in [-0.1, -0.05) is 35.8 Å². The van der Waals surface area contributed by atoms with Gasteiger partial charge in [-0.05, 0) is 51.3 Å². The van der Waals surface area contributed by atoms with Gasteiger partial charge < -0.3 is 10.2 Å². The summed E-state index contributed by atoms with van der Waals surface area (Å²) in [6.45, 7) is 14.2. The minimum Gasteiger partial charge on any atom is -0.372 e. The average molecular weight is 341 g/mol. The molecule has 2 nitrogen and oxygen atoms in total. The molecule has 0 heterocycles. The third-order valence-corrected chi connectivity index (χ3v) is 3.94. The van der Waals surface area contributed by atoms with Crippen molar-refractivity contribution in [3.8, 4) is 0 Å². The highest BCUT2D eigenvalue weighted by Crippen LogP contribution is 2.25. The Hall–Kier alpha value is -0.540. The van der Waals surface area contributed by atoms with E-state index >= 15 is 0 Å². The fraction of sp³-hybridized carbons (Fsp3) is 0.647. The first-order valence-electron chi connectivity index (χ1n) is 7.65. The smallest absolute Gasteiger partial charge is 0.0377 e. The average Bonchev–Trinajstić information content (AvgIpc) is 2.36. The standard InChI is InChI=1S/C17H29BrN2/c1-6-10-20(11-7-2)15-9-8-14(16(18)12-15)13-19-17(3,4)5/h8-9,12,19H,6-7,10-11,13H2,1-5H3. The molecule has 1 aromatic rings. The second-order valence-electron chi connectivity index (χ2n) is 6.37. The molecule has 20 heavy (non-hydrogen) atoms. The van der Waals surface area contributed by atoms with E-state index in [9.17, 15) is 0 Å². The van der Waals surface area contributed by atoms with Crippen LogP contribution in [0.2, 0.25) is 0 Å². The number of halogens is 1. The second-order valence-corrected chi connectivity index (χ2v) is 7.22. The molecule has 0 radical (unpaired) electrons. The zero-order valence-electron chi connectivity index (χ0n) is 13.6. The third kappa shape index (κ3) is 5.84. The number of hydrogen-bond acceptors (Lipinski definition) is 2. The molecule has 3 heteroatoms. The van der Waals surface area contributed by atoms with E-state index in [-0.39, 0.29) is 5.54 Å². The van der Waals surface area contributed by atoms with Crippen molar-refractivity contribution in [2.24, 2.45) is 0 Å². The number of rotatable bonds is 7. The van der Waals surface area contributed by atoms with Gasteiger partial charge in [0.1, 0.15) is 0 Å². The normalized spacial score (nSPS) is 11.7. The van der Waals surface area contributed by atoms with Crippen LogP contribution in [-0.4, -0.2) is 18.6 Å². The van der Waals surface area contributed by atoms with Crippen LogP contribution < -0.4 is 10.2 Å². The molecule has 0 fully saturated rings. The largest absolute Gasteiger partial charge is 0.372 e. The van der Waals surface area contributed by atoms with Crippen molar-refractivity contribution < 1.29 is 0 Å². The van der Waals surface area contributed by atoms with E-state index in [1.807, 2.05) is 0 Å². The Bertz CT molecular complexity index is 404. The predicted molar refractivity (Wildman–Crippen MR) is 93.5 cm³/mol. The van der Waals surface area contributed by atoms with Gasteiger partial charge in [0.25, 0.3) is 0 Å². The molecule has 1 N–H and O–H groups in total. The van der Waals surface area contributed by atoms with Crippen molar-refractivity contribution in [2.75, 3.05) is 18.0 Å². The summed E-state index contributed by atoms with van der Waals surface area (Å²) in [6.07, 6.45) is 2.37. The molecule has 0 aliphatic rings. The van der Waals surface area contributed by atoms with E-state index in [2.05, 4.69) is 79.0 Å². The molecule has 0 aliphatic heterocycles. The topological polar surface area (TPSA) is 15.3 Å². The first-order valence-corrected chi connectivity index (χ1v) is 8.45. The molecular weight excluding hydrogens is 312 g/mol. The minimum atomic E-state index is 0.147. The van der Waals surface area contributed by atoms with E-state index < -0.39 is 0 Å². The van der Waals surface area contributed by atoms with Crippen molar-refractivity contribution in [2.45, 2.75) is 59.5 Å². The highest BCUT2D eigenvalue weighted by Gasteiger charge is 2.11. The summed E-state index contributed by atoms with van der Waals surface area (Å²) in [5.41, 5.74) is 2.78. The van der Waals surface area contributed by atoms with Crippen LogP contribution in [0.15, 0.2) is 22.7 Å². The Morgan fingerprint density at radius 3 is 2.15 bits per heavy atom. The maximum atomic E-state index is 3.72. The van der Waals surface area contributed by atoms with Crippen LogP contribution in [-0.2, 0) is 6.54 Å². The lowest BCUT2D eigenvalue weighted by Crippen LogP contribution is -2.35. The van der Waals surface area contributed by atoms with Gasteiger partial charge in [-0.3, -0.25) is 0 Å². The Balaban J connectivity index is 2.80. The van der Waals surface area contributed by atoms with Crippen LogP contribution in [0.1, 0.15) is 53.0 Å². The van der Waals surface area contributed by atoms with Crippen molar-refractivity contribution >= 4 is 21.6 Å². The lowest BCUT2D eigenvalue weighted by Gasteiger charge is -2.25. The summed E-state index contributed by atoms with van der Waals surface area (Å²) in [6, 6.07) is 6.73. The van der Waals surface area contributed by atoms with Gasteiger partial charge in [0.15, 0.2) is 0 Å². The van der Waals surface area contributed by atoms with Crippen LogP contribution in [0.25, 0.3) is 0 Å². The van der Waals surface area contributed by atoms with Crippen LogP contribution >= 0.6 is 15.9 Å². The first kappa shape index (κ1) is 17.5. The predicted octanol–water partition coefficient (Wildman–Crippen LogP) is 4.96. The Morgan fingerprint density at radius 2 is 1.70 bits per heavy atom. The van der Waals surface area contributed by atoms with Gasteiger partial charge in [0.05, 0.1) is 0 Å². The highest BCUT2D eigenvalue weighted by atomic mass is 79.9. The maximum Gasteiger partial charge on any atom is 0.0377 e. The number of hydrogen-bond donors (Lipinski definition) is 1. The summed E-state index contributed by atoms with van der Waals surface area (Å²) in [5, 5.41) is 3.53. The molecule has 0 aliphatic carbocycles. The number of nitrogens with one attached hydrogen (secondary N) is 1. The lowest BCUT2D eigenvalue weighted by atomic mass is 10.1. The molecular formula is C17H29BrN2. The van der Waals surface area contributed by atoms with Crippen LogP contribution in [0.3, 0.4) is 0 Å². The van der Waals surface area contributed by atoms with Crippen molar-refractivity contribution in [1.82, 2.24) is 5.32 Å². The van der Waals surface area contributed by atoms with Gasteiger partial charge >= 0.3 is 0 Å². The van der Waals surface area contributed by atoms with Gasteiger partial charge in [0, 0.05) is 35.3 Å². The number of benzene rings is 1. The quantitative estimate of drug-likeness (QED) is 0.754. The summed E-state index contributed by atoms with van der Waals surface area (Å²) in [5.74, 6) is 0. The van der Waals surface area contributed by atoms with Crippen molar-refractivity contribution in [1.29, 1.82) is 0 Å². The van der Waals surface area contributed by atoms with Gasteiger partial charge in [-0.15, -0.1) is 0 Å². The third-order valence-electron chi connectivity index (χ3n) is 3.20. The van der Waals surface area contributed by atoms with Crippen molar-refractivity contribution in [3.63, 3.8) is 0 Å². The zero-order chi connectivity index (χ0) is 15.2. The molecule has 1 rings (SSSR count). The molecule has 1 aromatic carbocycles. The van der Waals surface area contributed by atoms with E-state index in [1.54, 1.807) is 0 Å². The first-order chi connectivity index (χ1) is 9.37. The number of anilines is 1. The van der Waals surface area contributed by atoms with Crippen molar-refractivity contribution in [3.05, 3.63) is 28.2 Å². The van der Waals surface area contributed by atoms with Crippen LogP contribution in [0, 0.1) is 0 Å². The molecule has 114 valence electrons. The maximum absolute atomic E-state index is 3.72. The SMILES string of the molecule is CCCN(CCC)c1ccc(CNC(C)(C)C)c(Br)c1. The Kier molecular flexibility index (Phi) is 7.04. The molecule has 0 saturated carbocycles. The fourth-order valence-corrected chi connectivity index (χ4v) is 2.65. The molecule has 0 amide bonds. The van der Waals surface area contributed by atoms with Gasteiger partial charge in [0.2, 0.25) is 0 Å². The summed E-state index contributed by atoms with van der Waals surface area (Å²) in [7, 11) is 0. The molecule has 0 aromatic heterocycles. The monoisotopic (exact) mass is 340 g/mol. The Labute approximate surface area is 133 Å². The Morgan fingerprint density at radius 1 is 1.10 bits per heavy atom. The van der Waals surface area contributed by atoms with E-state index in [1.165, 1.54) is 28.6 Å². The van der Waals surface area contributed by atoms with Crippen LogP contribution in [0.4, 0.5) is 5.69 Å². The lowest BCUT2D eigenvalue weighted by molar-refractivity contribution is 0.424. The fourth-order valence-electron chi connectivity index (χ4n) is 2.15. The minimum absolute atomic E-state index is 0.147. The molecule has 0 unspecified atom stereocenters. The zero-order valence-corrected chi connectivity index (χ0v) is 15.2. The van der Waals surface area contributed by atoms with Gasteiger partial charge in [-0.25, -0.2) is 0 Å².